The number of rotatable bonds is 10. The Morgan fingerprint density at radius 2 is 0.941 bits per heavy atom. The van der Waals surface area contributed by atoms with Crippen LogP contribution >= 0.6 is 46.4 Å². The lowest BCUT2D eigenvalue weighted by atomic mass is 10.1. The first-order valence-electron chi connectivity index (χ1n) is 14.9. The van der Waals surface area contributed by atoms with Gasteiger partial charge < -0.3 is 15.1 Å². The van der Waals surface area contributed by atoms with Gasteiger partial charge in [0.05, 0.1) is 32.6 Å². The molecule has 1 aromatic heterocycles. The number of anilines is 2. The first kappa shape index (κ1) is 36.8. The molecule has 0 atom stereocenters. The monoisotopic (exact) mass is 762 g/mol. The summed E-state index contributed by atoms with van der Waals surface area (Å²) >= 11 is 24.1. The van der Waals surface area contributed by atoms with E-state index in [1.807, 2.05) is 0 Å². The molecule has 0 saturated carbocycles. The van der Waals surface area contributed by atoms with Crippen LogP contribution in [-0.4, -0.2) is 35.1 Å². The second-order valence-corrected chi connectivity index (χ2v) is 12.4. The quantitative estimate of drug-likeness (QED) is 0.0828. The molecule has 4 amide bonds. The minimum atomic E-state index is -0.700. The van der Waals surface area contributed by atoms with Crippen molar-refractivity contribution in [2.45, 2.75) is 13.8 Å². The Labute approximate surface area is 311 Å². The lowest BCUT2D eigenvalue weighted by molar-refractivity contribution is 0.0900. The van der Waals surface area contributed by atoms with Gasteiger partial charge >= 0.3 is 11.8 Å². The predicted octanol–water partition coefficient (Wildman–Crippen LogP) is 8.71. The molecule has 4 aromatic carbocycles. The summed E-state index contributed by atoms with van der Waals surface area (Å²) in [7, 11) is 0. The number of hydrogen-bond acceptors (Lipinski definition) is 7. The van der Waals surface area contributed by atoms with Gasteiger partial charge in [0, 0.05) is 21.4 Å². The van der Waals surface area contributed by atoms with Crippen molar-refractivity contribution >= 4 is 92.8 Å². The molecule has 0 aliphatic rings. The van der Waals surface area contributed by atoms with Gasteiger partial charge in [-0.1, -0.05) is 70.7 Å². The molecule has 5 aromatic rings. The SMILES string of the molecule is CC(=NNC(=O)c1ccc(C(=O)NN=C(C)c2cccc(NC(=O)c3ccc(Cl)cc3Cl)c2)o1)c1cccc(NC(=O)c2ccc(Cl)cc2Cl)c1. The summed E-state index contributed by atoms with van der Waals surface area (Å²) in [5.41, 5.74) is 8.32. The summed E-state index contributed by atoms with van der Waals surface area (Å²) in [5.74, 6) is -2.58. The van der Waals surface area contributed by atoms with E-state index >= 15 is 0 Å². The molecule has 0 saturated heterocycles. The van der Waals surface area contributed by atoms with Crippen molar-refractivity contribution in [3.8, 4) is 0 Å². The minimum Gasteiger partial charge on any atom is -0.446 e. The molecule has 0 bridgehead atoms. The third-order valence-electron chi connectivity index (χ3n) is 7.13. The maximum atomic E-state index is 12.7. The van der Waals surface area contributed by atoms with E-state index in [4.69, 9.17) is 50.8 Å². The zero-order valence-electron chi connectivity index (χ0n) is 26.7. The van der Waals surface area contributed by atoms with Crippen LogP contribution in [0.5, 0.6) is 0 Å². The number of hydrogen-bond donors (Lipinski definition) is 4. The Morgan fingerprint density at radius 3 is 1.33 bits per heavy atom. The molecule has 0 fully saturated rings. The highest BCUT2D eigenvalue weighted by Crippen LogP contribution is 2.24. The summed E-state index contributed by atoms with van der Waals surface area (Å²) in [6.07, 6.45) is 0. The summed E-state index contributed by atoms with van der Waals surface area (Å²) in [6.45, 7) is 3.33. The number of halogens is 4. The van der Waals surface area contributed by atoms with Crippen LogP contribution in [0.15, 0.2) is 112 Å². The zero-order valence-corrected chi connectivity index (χ0v) is 29.7. The lowest BCUT2D eigenvalue weighted by Crippen LogP contribution is -2.20. The fourth-order valence-electron chi connectivity index (χ4n) is 4.48. The molecular formula is C36H26Cl4N6O5. The van der Waals surface area contributed by atoms with Gasteiger partial charge in [-0.25, -0.2) is 10.9 Å². The van der Waals surface area contributed by atoms with Crippen LogP contribution in [0.25, 0.3) is 0 Å². The van der Waals surface area contributed by atoms with Gasteiger partial charge in [0.15, 0.2) is 11.5 Å². The first-order valence-corrected chi connectivity index (χ1v) is 16.4. The maximum Gasteiger partial charge on any atom is 0.307 e. The average Bonchev–Trinajstić information content (AvgIpc) is 3.60. The van der Waals surface area contributed by atoms with Gasteiger partial charge in [0.2, 0.25) is 0 Å². The van der Waals surface area contributed by atoms with Crippen LogP contribution in [0.2, 0.25) is 20.1 Å². The summed E-state index contributed by atoms with van der Waals surface area (Å²) in [6, 6.07) is 25.4. The highest BCUT2D eigenvalue weighted by atomic mass is 35.5. The van der Waals surface area contributed by atoms with Crippen molar-refractivity contribution in [2.75, 3.05) is 10.6 Å². The fraction of sp³-hybridized carbons (Fsp3) is 0.0556. The van der Waals surface area contributed by atoms with Crippen molar-refractivity contribution < 1.29 is 23.6 Å². The third-order valence-corrected chi connectivity index (χ3v) is 8.23. The van der Waals surface area contributed by atoms with Gasteiger partial charge in [-0.3, -0.25) is 19.2 Å². The van der Waals surface area contributed by atoms with Gasteiger partial charge in [-0.2, -0.15) is 10.2 Å². The molecule has 0 aliphatic heterocycles. The average molecular weight is 764 g/mol. The normalized spacial score (nSPS) is 11.5. The number of carbonyl (C=O) groups excluding carboxylic acids is 4. The van der Waals surface area contributed by atoms with Crippen molar-refractivity contribution in [2.24, 2.45) is 10.2 Å². The van der Waals surface area contributed by atoms with Crippen LogP contribution in [0.4, 0.5) is 11.4 Å². The van der Waals surface area contributed by atoms with Crippen molar-refractivity contribution in [3.05, 3.63) is 151 Å². The van der Waals surface area contributed by atoms with E-state index in [1.54, 1.807) is 74.5 Å². The molecule has 0 radical (unpaired) electrons. The summed E-state index contributed by atoms with van der Waals surface area (Å²) in [4.78, 5) is 50.9. The molecule has 0 unspecified atom stereocenters. The van der Waals surface area contributed by atoms with Gasteiger partial charge in [-0.15, -0.1) is 0 Å². The highest BCUT2D eigenvalue weighted by Gasteiger charge is 2.17. The number of nitrogens with zero attached hydrogens (tertiary/aromatic N) is 2. The standard InChI is InChI=1S/C36H26Cl4N6O5/c1-19(21-5-3-7-25(15-21)41-33(47)27-11-9-23(37)17-29(27)39)43-45-35(49)31-13-14-32(51-31)36(50)46-44-20(2)22-6-4-8-26(16-22)42-34(48)28-12-10-24(38)18-30(28)40/h3-18H,1-2H3,(H,41,47)(H,42,48)(H,45,49)(H,46,50). The van der Waals surface area contributed by atoms with Crippen LogP contribution in [0.1, 0.15) is 66.8 Å². The Morgan fingerprint density at radius 1 is 0.529 bits per heavy atom. The second kappa shape index (κ2) is 16.5. The molecule has 15 heteroatoms. The van der Waals surface area contributed by atoms with E-state index in [1.165, 1.54) is 36.4 Å². The summed E-state index contributed by atoms with van der Waals surface area (Å²) < 4.78 is 5.43. The molecule has 5 rings (SSSR count). The smallest absolute Gasteiger partial charge is 0.307 e. The molecule has 258 valence electrons. The Balaban J connectivity index is 1.16. The molecule has 51 heavy (non-hydrogen) atoms. The number of furan rings is 1. The number of benzene rings is 4. The minimum absolute atomic E-state index is 0.164. The zero-order chi connectivity index (χ0) is 36.7. The predicted molar refractivity (Wildman–Crippen MR) is 200 cm³/mol. The molecule has 0 aliphatic carbocycles. The van der Waals surface area contributed by atoms with Crippen molar-refractivity contribution in [1.82, 2.24) is 10.9 Å². The maximum absolute atomic E-state index is 12.7. The van der Waals surface area contributed by atoms with E-state index in [-0.39, 0.29) is 32.7 Å². The van der Waals surface area contributed by atoms with Gasteiger partial charge in [0.25, 0.3) is 11.8 Å². The van der Waals surface area contributed by atoms with Gasteiger partial charge in [-0.05, 0) is 97.8 Å². The van der Waals surface area contributed by atoms with Crippen molar-refractivity contribution in [1.29, 1.82) is 0 Å². The number of hydrazone groups is 2. The molecule has 0 spiro atoms. The van der Waals surface area contributed by atoms with Crippen molar-refractivity contribution in [3.63, 3.8) is 0 Å². The van der Waals surface area contributed by atoms with E-state index < -0.39 is 23.6 Å². The van der Waals surface area contributed by atoms with Crippen LogP contribution in [0, 0.1) is 0 Å². The molecule has 4 N–H and O–H groups in total. The van der Waals surface area contributed by atoms with Crippen LogP contribution in [0.3, 0.4) is 0 Å². The molecule has 1 heterocycles. The van der Waals surface area contributed by atoms with E-state index in [0.717, 1.165) is 0 Å². The fourth-order valence-corrected chi connectivity index (χ4v) is 5.47. The lowest BCUT2D eigenvalue weighted by Gasteiger charge is -2.09. The highest BCUT2D eigenvalue weighted by molar-refractivity contribution is 6.38. The molecule has 11 nitrogen and oxygen atoms in total. The van der Waals surface area contributed by atoms with Crippen LogP contribution < -0.4 is 21.5 Å². The van der Waals surface area contributed by atoms with Crippen LogP contribution in [-0.2, 0) is 0 Å². The number of nitrogens with one attached hydrogen (secondary N) is 4. The first-order chi connectivity index (χ1) is 24.4. The van der Waals surface area contributed by atoms with E-state index in [9.17, 15) is 19.2 Å². The number of amides is 4. The topological polar surface area (TPSA) is 154 Å². The largest absolute Gasteiger partial charge is 0.446 e. The summed E-state index contributed by atoms with van der Waals surface area (Å²) in [5, 5.41) is 15.0. The third kappa shape index (κ3) is 9.62. The Kier molecular flexibility index (Phi) is 11.9. The Bertz CT molecular complexity index is 2080. The molecular weight excluding hydrogens is 738 g/mol. The second-order valence-electron chi connectivity index (χ2n) is 10.8. The Hall–Kier alpha value is -5.46. The number of carbonyl (C=O) groups is 4. The van der Waals surface area contributed by atoms with E-state index in [2.05, 4.69) is 31.7 Å². The van der Waals surface area contributed by atoms with E-state index in [0.29, 0.717) is 44.0 Å². The van der Waals surface area contributed by atoms with Gasteiger partial charge in [0.1, 0.15) is 0 Å².